The van der Waals surface area contributed by atoms with Crippen LogP contribution < -0.4 is 0 Å². The molecule has 4 heteroatoms. The zero-order valence-electron chi connectivity index (χ0n) is 30.4. The Bertz CT molecular complexity index is 3260. The highest BCUT2D eigenvalue weighted by Crippen LogP contribution is 2.48. The fourth-order valence-corrected chi connectivity index (χ4v) is 9.06. The number of hydrogen-bond acceptors (Lipinski definition) is 1. The van der Waals surface area contributed by atoms with Crippen molar-refractivity contribution in [3.63, 3.8) is 0 Å². The Kier molecular flexibility index (Phi) is 7.39. The van der Waals surface area contributed by atoms with Gasteiger partial charge in [-0.05, 0) is 101 Å². The minimum absolute atomic E-state index is 0.665. The summed E-state index contributed by atoms with van der Waals surface area (Å²) in [5, 5.41) is 10.7. The van der Waals surface area contributed by atoms with Crippen molar-refractivity contribution < 1.29 is 17.6 Å². The molecule has 57 heavy (non-hydrogen) atoms. The minimum Gasteiger partial charge on any atom is -0.455 e. The predicted molar refractivity (Wildman–Crippen MR) is 230 cm³/mol. The summed E-state index contributed by atoms with van der Waals surface area (Å²) >= 11 is 0. The average molecular weight is 741 g/mol. The van der Waals surface area contributed by atoms with Gasteiger partial charge in [-0.15, -0.1) is 0 Å². The lowest BCUT2D eigenvalue weighted by molar-refractivity contribution is -0.137. The Morgan fingerprint density at radius 3 is 1.21 bits per heavy atom. The number of furan rings is 1. The second-order valence-electron chi connectivity index (χ2n) is 14.6. The monoisotopic (exact) mass is 740 g/mol. The topological polar surface area (TPSA) is 13.1 Å². The largest absolute Gasteiger partial charge is 0.455 e. The van der Waals surface area contributed by atoms with Crippen molar-refractivity contribution in [2.75, 3.05) is 0 Å². The lowest BCUT2D eigenvalue weighted by atomic mass is 9.85. The van der Waals surface area contributed by atoms with Crippen LogP contribution in [0.4, 0.5) is 13.2 Å². The van der Waals surface area contributed by atoms with Gasteiger partial charge in [-0.2, -0.15) is 13.2 Å². The third kappa shape index (κ3) is 5.18. The Morgan fingerprint density at radius 1 is 0.316 bits per heavy atom. The summed E-state index contributed by atoms with van der Waals surface area (Å²) in [6.07, 6.45) is -4.41. The molecule has 11 aromatic rings. The number of para-hydroxylation sites is 1. The van der Waals surface area contributed by atoms with E-state index in [-0.39, 0.29) is 0 Å². The maximum Gasteiger partial charge on any atom is 0.416 e. The van der Waals surface area contributed by atoms with E-state index >= 15 is 0 Å². The van der Waals surface area contributed by atoms with Crippen LogP contribution in [0.15, 0.2) is 192 Å². The van der Waals surface area contributed by atoms with Crippen LogP contribution in [0.1, 0.15) is 5.56 Å². The maximum atomic E-state index is 13.6. The molecule has 0 fully saturated rings. The first-order chi connectivity index (χ1) is 27.9. The lowest BCUT2D eigenvalue weighted by Gasteiger charge is -2.18. The molecule has 0 saturated heterocycles. The van der Waals surface area contributed by atoms with Crippen molar-refractivity contribution >= 4 is 65.0 Å². The van der Waals surface area contributed by atoms with Gasteiger partial charge in [0.05, 0.1) is 5.56 Å². The number of hydrogen-bond donors (Lipinski definition) is 0. The van der Waals surface area contributed by atoms with Crippen LogP contribution in [0, 0.1) is 0 Å². The summed E-state index contributed by atoms with van der Waals surface area (Å²) in [5.74, 6) is 0. The zero-order chi connectivity index (χ0) is 38.3. The molecule has 0 unspecified atom stereocenters. The molecule has 0 aliphatic heterocycles. The van der Waals surface area contributed by atoms with E-state index in [0.717, 1.165) is 71.3 Å². The molecule has 0 amide bonds. The Labute approximate surface area is 325 Å². The van der Waals surface area contributed by atoms with E-state index in [1.807, 2.05) is 24.3 Å². The summed E-state index contributed by atoms with van der Waals surface area (Å²) < 4.78 is 47.5. The van der Waals surface area contributed by atoms with E-state index in [1.165, 1.54) is 50.4 Å². The molecule has 0 aliphatic rings. The van der Waals surface area contributed by atoms with Crippen molar-refractivity contribution in [3.05, 3.63) is 194 Å². The Hall–Kier alpha value is -7.17. The molecule has 0 bridgehead atoms. The normalized spacial score (nSPS) is 12.1. The molecular formula is C53H31F3O. The Morgan fingerprint density at radius 2 is 0.719 bits per heavy atom. The molecule has 0 atom stereocenters. The molecule has 0 N–H and O–H groups in total. The number of benzene rings is 10. The smallest absolute Gasteiger partial charge is 0.416 e. The third-order valence-corrected chi connectivity index (χ3v) is 11.5. The van der Waals surface area contributed by atoms with Crippen LogP contribution in [-0.4, -0.2) is 0 Å². The van der Waals surface area contributed by atoms with Crippen molar-refractivity contribution in [2.45, 2.75) is 6.18 Å². The summed E-state index contributed by atoms with van der Waals surface area (Å²) in [6, 6.07) is 62.6. The van der Waals surface area contributed by atoms with Crippen molar-refractivity contribution in [2.24, 2.45) is 0 Å². The molecule has 0 radical (unpaired) electrons. The molecule has 1 nitrogen and oxygen atoms in total. The van der Waals surface area contributed by atoms with Gasteiger partial charge in [0, 0.05) is 21.9 Å². The average Bonchev–Trinajstić information content (AvgIpc) is 3.63. The van der Waals surface area contributed by atoms with Gasteiger partial charge in [-0.3, -0.25) is 0 Å². The molecule has 1 heterocycles. The summed E-state index contributed by atoms with van der Waals surface area (Å²) in [5.41, 5.74) is 9.25. The van der Waals surface area contributed by atoms with Crippen molar-refractivity contribution in [1.82, 2.24) is 0 Å². The number of fused-ring (bicyclic) bond motifs is 7. The summed E-state index contributed by atoms with van der Waals surface area (Å²) in [6.45, 7) is 0. The number of halogens is 3. The maximum absolute atomic E-state index is 13.6. The van der Waals surface area contributed by atoms with Gasteiger partial charge < -0.3 is 4.42 Å². The zero-order valence-corrected chi connectivity index (χ0v) is 30.4. The van der Waals surface area contributed by atoms with E-state index in [2.05, 4.69) is 140 Å². The van der Waals surface area contributed by atoms with Gasteiger partial charge in [0.15, 0.2) is 0 Å². The molecule has 0 saturated carbocycles. The van der Waals surface area contributed by atoms with Gasteiger partial charge in [-0.1, -0.05) is 164 Å². The van der Waals surface area contributed by atoms with Crippen LogP contribution in [0.2, 0.25) is 0 Å². The van der Waals surface area contributed by atoms with E-state index in [9.17, 15) is 13.2 Å². The quantitative estimate of drug-likeness (QED) is 0.164. The molecule has 0 spiro atoms. The summed E-state index contributed by atoms with van der Waals surface area (Å²) in [4.78, 5) is 0. The molecule has 11 rings (SSSR count). The van der Waals surface area contributed by atoms with Crippen molar-refractivity contribution in [1.29, 1.82) is 0 Å². The van der Waals surface area contributed by atoms with E-state index in [0.29, 0.717) is 0 Å². The molecule has 270 valence electrons. The summed E-state index contributed by atoms with van der Waals surface area (Å²) in [7, 11) is 0. The second kappa shape index (κ2) is 12.7. The number of rotatable bonds is 4. The molecular weight excluding hydrogens is 710 g/mol. The van der Waals surface area contributed by atoms with Gasteiger partial charge in [0.1, 0.15) is 11.2 Å². The third-order valence-electron chi connectivity index (χ3n) is 11.5. The van der Waals surface area contributed by atoms with Crippen LogP contribution >= 0.6 is 0 Å². The highest BCUT2D eigenvalue weighted by Gasteiger charge is 2.30. The fourth-order valence-electron chi connectivity index (χ4n) is 9.06. The fraction of sp³-hybridized carbons (Fsp3) is 0.0189. The molecule has 10 aromatic carbocycles. The molecule has 1 aromatic heterocycles. The first-order valence-electron chi connectivity index (χ1n) is 19.0. The van der Waals surface area contributed by atoms with Gasteiger partial charge in [-0.25, -0.2) is 0 Å². The van der Waals surface area contributed by atoms with E-state index in [1.54, 1.807) is 12.1 Å². The predicted octanol–water partition coefficient (Wildman–Crippen LogP) is 15.9. The van der Waals surface area contributed by atoms with Crippen molar-refractivity contribution in [3.8, 4) is 44.5 Å². The number of alkyl halides is 3. The minimum atomic E-state index is -4.41. The first kappa shape index (κ1) is 33.2. The van der Waals surface area contributed by atoms with Gasteiger partial charge >= 0.3 is 6.18 Å². The van der Waals surface area contributed by atoms with Crippen LogP contribution in [0.3, 0.4) is 0 Å². The Balaban J connectivity index is 1.15. The lowest BCUT2D eigenvalue weighted by Crippen LogP contribution is -2.04. The highest BCUT2D eigenvalue weighted by molar-refractivity contribution is 6.25. The van der Waals surface area contributed by atoms with Gasteiger partial charge in [0.25, 0.3) is 0 Å². The standard InChI is InChI=1S/C53H31F3O/c54-53(55,56)35-28-25-33(26-29-35)49-40-19-8-10-21-42(40)51(43-22-11-9-20-41(43)49)45-24-12-23-44-46-31-34(27-30-47(46)57-52(44)45)50-38-17-6-4-15-36(38)48(32-13-2-1-3-14-32)37-16-5-7-18-39(37)50/h1-31H. The van der Waals surface area contributed by atoms with Crippen LogP contribution in [-0.2, 0) is 6.18 Å². The van der Waals surface area contributed by atoms with Crippen LogP contribution in [0.25, 0.3) is 110 Å². The van der Waals surface area contributed by atoms with E-state index in [4.69, 9.17) is 4.42 Å². The first-order valence-corrected chi connectivity index (χ1v) is 19.0. The second-order valence-corrected chi connectivity index (χ2v) is 14.6. The SMILES string of the molecule is FC(F)(F)c1ccc(-c2c3ccccc3c(-c3cccc4c3oc3ccc(-c5c6ccccc6c(-c6ccccc6)c6ccccc56)cc34)c3ccccc23)cc1. The van der Waals surface area contributed by atoms with E-state index < -0.39 is 11.7 Å². The highest BCUT2D eigenvalue weighted by atomic mass is 19.4. The van der Waals surface area contributed by atoms with Crippen LogP contribution in [0.5, 0.6) is 0 Å². The molecule has 0 aliphatic carbocycles. The van der Waals surface area contributed by atoms with Gasteiger partial charge in [0.2, 0.25) is 0 Å².